The molecule has 1 atom stereocenters. The monoisotopic (exact) mass is 292 g/mol. The molecule has 2 aromatic carbocycles. The highest BCUT2D eigenvalue weighted by Gasteiger charge is 2.18. The number of carbonyl (C=O) groups is 1. The van der Waals surface area contributed by atoms with Gasteiger partial charge in [-0.25, -0.2) is 4.68 Å². The third kappa shape index (κ3) is 3.03. The molecule has 5 nitrogen and oxygen atoms in total. The van der Waals surface area contributed by atoms with Crippen molar-refractivity contribution in [3.63, 3.8) is 0 Å². The summed E-state index contributed by atoms with van der Waals surface area (Å²) in [6.45, 7) is 1.50. The largest absolute Gasteiger partial charge is 0.344 e. The van der Waals surface area contributed by atoms with E-state index < -0.39 is 0 Å². The van der Waals surface area contributed by atoms with Crippen molar-refractivity contribution in [1.82, 2.24) is 20.3 Å². The van der Waals surface area contributed by atoms with Gasteiger partial charge in [0.1, 0.15) is 5.69 Å². The Balaban J connectivity index is 1.95. The second-order valence-corrected chi connectivity index (χ2v) is 4.97. The van der Waals surface area contributed by atoms with Crippen LogP contribution in [0.15, 0.2) is 66.9 Å². The van der Waals surface area contributed by atoms with Crippen molar-refractivity contribution in [2.45, 2.75) is 13.0 Å². The lowest BCUT2D eigenvalue weighted by molar-refractivity contribution is -0.119. The summed E-state index contributed by atoms with van der Waals surface area (Å²) in [7, 11) is 0. The molecule has 1 N–H and O–H groups in total. The van der Waals surface area contributed by atoms with E-state index in [4.69, 9.17) is 0 Å². The van der Waals surface area contributed by atoms with E-state index >= 15 is 0 Å². The van der Waals surface area contributed by atoms with Crippen molar-refractivity contribution in [2.75, 3.05) is 0 Å². The van der Waals surface area contributed by atoms with Crippen LogP contribution in [0.3, 0.4) is 0 Å². The van der Waals surface area contributed by atoms with Crippen LogP contribution >= 0.6 is 0 Å². The molecule has 22 heavy (non-hydrogen) atoms. The molecule has 0 aliphatic rings. The number of carbonyl (C=O) groups excluding carboxylic acids is 1. The number of nitrogens with zero attached hydrogens (tertiary/aromatic N) is 3. The van der Waals surface area contributed by atoms with Crippen LogP contribution in [0, 0.1) is 0 Å². The predicted octanol–water partition coefficient (Wildman–Crippen LogP) is 2.49. The first-order valence-electron chi connectivity index (χ1n) is 7.04. The van der Waals surface area contributed by atoms with E-state index in [0.29, 0.717) is 5.69 Å². The van der Waals surface area contributed by atoms with E-state index in [1.54, 1.807) is 4.68 Å². The number of para-hydroxylation sites is 1. The number of aromatic nitrogens is 3. The van der Waals surface area contributed by atoms with Gasteiger partial charge in [-0.15, -0.1) is 5.10 Å². The predicted molar refractivity (Wildman–Crippen MR) is 83.5 cm³/mol. The first-order chi connectivity index (χ1) is 10.7. The number of nitrogens with one attached hydrogen (secondary N) is 1. The lowest BCUT2D eigenvalue weighted by Crippen LogP contribution is -2.27. The minimum atomic E-state index is -0.309. The van der Waals surface area contributed by atoms with Crippen molar-refractivity contribution in [1.29, 1.82) is 0 Å². The number of hydrogen-bond donors (Lipinski definition) is 1. The van der Waals surface area contributed by atoms with Crippen molar-refractivity contribution in [3.05, 3.63) is 78.1 Å². The zero-order valence-electron chi connectivity index (χ0n) is 12.2. The summed E-state index contributed by atoms with van der Waals surface area (Å²) in [6, 6.07) is 19.2. The molecule has 0 radical (unpaired) electrons. The second kappa shape index (κ2) is 6.22. The van der Waals surface area contributed by atoms with Gasteiger partial charge in [0.05, 0.1) is 17.9 Å². The Kier molecular flexibility index (Phi) is 3.96. The van der Waals surface area contributed by atoms with Gasteiger partial charge >= 0.3 is 0 Å². The van der Waals surface area contributed by atoms with E-state index in [-0.39, 0.29) is 11.9 Å². The minimum absolute atomic E-state index is 0.108. The summed E-state index contributed by atoms with van der Waals surface area (Å²) < 4.78 is 1.70. The van der Waals surface area contributed by atoms with Crippen molar-refractivity contribution in [2.24, 2.45) is 0 Å². The lowest BCUT2D eigenvalue weighted by atomic mass is 10.0. The van der Waals surface area contributed by atoms with Crippen molar-refractivity contribution in [3.8, 4) is 5.69 Å². The summed E-state index contributed by atoms with van der Waals surface area (Å²) in [5.41, 5.74) is 2.60. The van der Waals surface area contributed by atoms with Crippen molar-refractivity contribution >= 4 is 5.91 Å². The molecule has 0 aliphatic carbocycles. The van der Waals surface area contributed by atoms with Gasteiger partial charge in [0.2, 0.25) is 5.91 Å². The zero-order chi connectivity index (χ0) is 15.4. The Morgan fingerprint density at radius 2 is 1.68 bits per heavy atom. The summed E-state index contributed by atoms with van der Waals surface area (Å²) in [4.78, 5) is 11.5. The van der Waals surface area contributed by atoms with Gasteiger partial charge in [0, 0.05) is 6.92 Å². The Labute approximate surface area is 128 Å². The van der Waals surface area contributed by atoms with Gasteiger partial charge < -0.3 is 5.32 Å². The standard InChI is InChI=1S/C17H16N4O/c1-13(22)18-17(14-8-4-2-5-9-14)16-12-21(20-19-16)15-10-6-3-7-11-15/h2-12,17H,1H3,(H,18,22)/t17-/m0/s1. The van der Waals surface area contributed by atoms with Crippen LogP contribution in [-0.4, -0.2) is 20.9 Å². The van der Waals surface area contributed by atoms with Gasteiger partial charge in [-0.05, 0) is 17.7 Å². The van der Waals surface area contributed by atoms with Crippen LogP contribution in [0.4, 0.5) is 0 Å². The van der Waals surface area contributed by atoms with Gasteiger partial charge in [0.25, 0.3) is 0 Å². The van der Waals surface area contributed by atoms with Crippen LogP contribution in [0.25, 0.3) is 5.69 Å². The average Bonchev–Trinajstić information content (AvgIpc) is 3.04. The molecule has 0 unspecified atom stereocenters. The molecule has 0 spiro atoms. The molecular weight excluding hydrogens is 276 g/mol. The maximum atomic E-state index is 11.5. The van der Waals surface area contributed by atoms with E-state index in [1.165, 1.54) is 6.92 Å². The van der Waals surface area contributed by atoms with E-state index in [2.05, 4.69) is 15.6 Å². The molecule has 0 fully saturated rings. The fourth-order valence-corrected chi connectivity index (χ4v) is 2.29. The average molecular weight is 292 g/mol. The Hall–Kier alpha value is -2.95. The topological polar surface area (TPSA) is 59.8 Å². The molecule has 0 aliphatic heterocycles. The summed E-state index contributed by atoms with van der Waals surface area (Å²) in [5, 5.41) is 11.3. The maximum Gasteiger partial charge on any atom is 0.217 e. The smallest absolute Gasteiger partial charge is 0.217 e. The molecule has 5 heteroatoms. The lowest BCUT2D eigenvalue weighted by Gasteiger charge is -2.15. The SMILES string of the molecule is CC(=O)N[C@@H](c1ccccc1)c1cn(-c2ccccc2)nn1. The first-order valence-corrected chi connectivity index (χ1v) is 7.04. The molecule has 3 aromatic rings. The molecule has 1 aromatic heterocycles. The van der Waals surface area contributed by atoms with Gasteiger partial charge in [-0.1, -0.05) is 53.7 Å². The summed E-state index contributed by atoms with van der Waals surface area (Å²) in [6.07, 6.45) is 1.84. The van der Waals surface area contributed by atoms with Crippen LogP contribution in [0.1, 0.15) is 24.2 Å². The van der Waals surface area contributed by atoms with Gasteiger partial charge in [-0.2, -0.15) is 0 Å². The van der Waals surface area contributed by atoms with Crippen LogP contribution in [0.5, 0.6) is 0 Å². The molecular formula is C17H16N4O. The van der Waals surface area contributed by atoms with Crippen LogP contribution in [-0.2, 0) is 4.79 Å². The highest BCUT2D eigenvalue weighted by atomic mass is 16.1. The molecule has 1 amide bonds. The summed E-state index contributed by atoms with van der Waals surface area (Å²) in [5.74, 6) is -0.108. The minimum Gasteiger partial charge on any atom is -0.344 e. The molecule has 0 bridgehead atoms. The normalized spacial score (nSPS) is 11.9. The Morgan fingerprint density at radius 3 is 2.32 bits per heavy atom. The van der Waals surface area contributed by atoms with Crippen molar-refractivity contribution < 1.29 is 4.79 Å². The zero-order valence-corrected chi connectivity index (χ0v) is 12.2. The molecule has 0 saturated carbocycles. The third-order valence-corrected chi connectivity index (χ3v) is 3.31. The third-order valence-electron chi connectivity index (χ3n) is 3.31. The van der Waals surface area contributed by atoms with E-state index in [0.717, 1.165) is 11.3 Å². The second-order valence-electron chi connectivity index (χ2n) is 4.97. The molecule has 1 heterocycles. The number of benzene rings is 2. The fraction of sp³-hybridized carbons (Fsp3) is 0.118. The maximum absolute atomic E-state index is 11.5. The Bertz CT molecular complexity index is 753. The quantitative estimate of drug-likeness (QED) is 0.803. The molecule has 110 valence electrons. The van der Waals surface area contributed by atoms with Gasteiger partial charge in [0.15, 0.2) is 0 Å². The highest BCUT2D eigenvalue weighted by Crippen LogP contribution is 2.20. The van der Waals surface area contributed by atoms with Crippen LogP contribution in [0.2, 0.25) is 0 Å². The van der Waals surface area contributed by atoms with Gasteiger partial charge in [-0.3, -0.25) is 4.79 Å². The Morgan fingerprint density at radius 1 is 1.05 bits per heavy atom. The van der Waals surface area contributed by atoms with E-state index in [1.807, 2.05) is 66.9 Å². The van der Waals surface area contributed by atoms with Crippen LogP contribution < -0.4 is 5.32 Å². The highest BCUT2D eigenvalue weighted by molar-refractivity contribution is 5.74. The number of rotatable bonds is 4. The molecule has 3 rings (SSSR count). The fourth-order valence-electron chi connectivity index (χ4n) is 2.29. The van der Waals surface area contributed by atoms with E-state index in [9.17, 15) is 4.79 Å². The first kappa shape index (κ1) is 14.0. The number of hydrogen-bond acceptors (Lipinski definition) is 3. The molecule has 0 saturated heterocycles. The summed E-state index contributed by atoms with van der Waals surface area (Å²) >= 11 is 0. The number of amides is 1.